The Morgan fingerprint density at radius 2 is 1.89 bits per heavy atom. The Hall–Kier alpha value is -1.36. The van der Waals surface area contributed by atoms with E-state index in [4.69, 9.17) is 0 Å². The first-order valence-electron chi connectivity index (χ1n) is 6.43. The molecule has 0 saturated heterocycles. The highest BCUT2D eigenvalue weighted by molar-refractivity contribution is 9.09. The number of H-pyrrole nitrogens is 1. The van der Waals surface area contributed by atoms with Crippen LogP contribution in [-0.2, 0) is 6.54 Å². The highest BCUT2D eigenvalue weighted by Crippen LogP contribution is 2.43. The lowest BCUT2D eigenvalue weighted by Gasteiger charge is -2.40. The van der Waals surface area contributed by atoms with Crippen molar-refractivity contribution in [3.8, 4) is 0 Å². The van der Waals surface area contributed by atoms with Crippen LogP contribution in [0.3, 0.4) is 0 Å². The molecule has 1 saturated carbocycles. The third kappa shape index (κ3) is 2.06. The third-order valence-electron chi connectivity index (χ3n) is 4.07. The van der Waals surface area contributed by atoms with E-state index < -0.39 is 0 Å². The van der Waals surface area contributed by atoms with Crippen LogP contribution in [0.2, 0.25) is 0 Å². The van der Waals surface area contributed by atoms with E-state index >= 15 is 0 Å². The Morgan fingerprint density at radius 3 is 2.47 bits per heavy atom. The minimum Gasteiger partial charge on any atom is -0.267 e. The fourth-order valence-electron chi connectivity index (χ4n) is 2.70. The van der Waals surface area contributed by atoms with Gasteiger partial charge in [0.1, 0.15) is 0 Å². The summed E-state index contributed by atoms with van der Waals surface area (Å²) >= 11 is 3.53. The molecule has 19 heavy (non-hydrogen) atoms. The second-order valence-corrected chi connectivity index (χ2v) is 5.93. The van der Waals surface area contributed by atoms with Crippen LogP contribution in [-0.4, -0.2) is 15.1 Å². The van der Waals surface area contributed by atoms with E-state index in [1.54, 1.807) is 24.3 Å². The van der Waals surface area contributed by atoms with Gasteiger partial charge >= 0.3 is 0 Å². The number of aromatic amines is 1. The van der Waals surface area contributed by atoms with Gasteiger partial charge in [0.25, 0.3) is 11.1 Å². The molecule has 0 amide bonds. The Balaban J connectivity index is 2.12. The van der Waals surface area contributed by atoms with Crippen molar-refractivity contribution in [3.05, 3.63) is 45.0 Å². The molecule has 4 nitrogen and oxygen atoms in total. The van der Waals surface area contributed by atoms with Crippen LogP contribution in [0.4, 0.5) is 0 Å². The van der Waals surface area contributed by atoms with Crippen molar-refractivity contribution in [2.24, 2.45) is 5.41 Å². The predicted molar refractivity (Wildman–Crippen MR) is 78.9 cm³/mol. The first kappa shape index (κ1) is 12.7. The van der Waals surface area contributed by atoms with Crippen LogP contribution in [0.5, 0.6) is 0 Å². The summed E-state index contributed by atoms with van der Waals surface area (Å²) in [7, 11) is 0. The quantitative estimate of drug-likeness (QED) is 0.881. The zero-order chi connectivity index (χ0) is 13.5. The molecule has 3 rings (SSSR count). The van der Waals surface area contributed by atoms with Crippen molar-refractivity contribution in [1.29, 1.82) is 0 Å². The molecule has 1 heterocycles. The monoisotopic (exact) mass is 322 g/mol. The molecule has 0 unspecified atom stereocenters. The van der Waals surface area contributed by atoms with Crippen LogP contribution in [0.15, 0.2) is 33.9 Å². The smallest absolute Gasteiger partial charge is 0.267 e. The Bertz CT molecular complexity index is 723. The fraction of sp³-hybridized carbons (Fsp3) is 0.429. The lowest BCUT2D eigenvalue weighted by Crippen LogP contribution is -2.41. The van der Waals surface area contributed by atoms with E-state index in [-0.39, 0.29) is 16.5 Å². The van der Waals surface area contributed by atoms with Crippen LogP contribution in [0.25, 0.3) is 10.8 Å². The van der Waals surface area contributed by atoms with Crippen molar-refractivity contribution in [1.82, 2.24) is 9.78 Å². The number of nitrogens with one attached hydrogen (secondary N) is 1. The summed E-state index contributed by atoms with van der Waals surface area (Å²) in [5.74, 6) is 0. The maximum atomic E-state index is 12.4. The van der Waals surface area contributed by atoms with Crippen molar-refractivity contribution in [2.45, 2.75) is 25.8 Å². The van der Waals surface area contributed by atoms with Crippen LogP contribution in [0, 0.1) is 5.41 Å². The minimum atomic E-state index is -0.195. The number of aromatic nitrogens is 2. The SMILES string of the molecule is O=c1[nH]n(CC2(CBr)CCC2)c(=O)c2ccccc12. The molecule has 0 bridgehead atoms. The number of rotatable bonds is 3. The summed E-state index contributed by atoms with van der Waals surface area (Å²) in [6.45, 7) is 0.581. The minimum absolute atomic E-state index is 0.109. The lowest BCUT2D eigenvalue weighted by atomic mass is 9.70. The topological polar surface area (TPSA) is 54.9 Å². The number of alkyl halides is 1. The molecule has 100 valence electrons. The molecule has 0 atom stereocenters. The summed E-state index contributed by atoms with van der Waals surface area (Å²) in [6.07, 6.45) is 3.39. The molecule has 1 aliphatic rings. The van der Waals surface area contributed by atoms with Crippen LogP contribution >= 0.6 is 15.9 Å². The number of hydrogen-bond donors (Lipinski definition) is 1. The number of halogens is 1. The van der Waals surface area contributed by atoms with E-state index in [9.17, 15) is 9.59 Å². The maximum Gasteiger partial charge on any atom is 0.273 e. The summed E-state index contributed by atoms with van der Waals surface area (Å²) in [4.78, 5) is 24.4. The van der Waals surface area contributed by atoms with Gasteiger partial charge in [-0.2, -0.15) is 0 Å². The molecule has 1 N–H and O–H groups in total. The van der Waals surface area contributed by atoms with E-state index in [1.165, 1.54) is 11.1 Å². The Morgan fingerprint density at radius 1 is 1.21 bits per heavy atom. The van der Waals surface area contributed by atoms with Crippen molar-refractivity contribution in [3.63, 3.8) is 0 Å². The summed E-state index contributed by atoms with van der Waals surface area (Å²) < 4.78 is 1.48. The number of nitrogens with zero attached hydrogens (tertiary/aromatic N) is 1. The summed E-state index contributed by atoms with van der Waals surface area (Å²) in [5, 5.41) is 4.53. The Labute approximate surface area is 118 Å². The van der Waals surface area contributed by atoms with Crippen molar-refractivity contribution in [2.75, 3.05) is 5.33 Å². The van der Waals surface area contributed by atoms with Crippen LogP contribution in [0.1, 0.15) is 19.3 Å². The Kier molecular flexibility index (Phi) is 3.09. The fourth-order valence-corrected chi connectivity index (χ4v) is 3.44. The van der Waals surface area contributed by atoms with E-state index in [0.29, 0.717) is 17.3 Å². The van der Waals surface area contributed by atoms with Gasteiger partial charge < -0.3 is 0 Å². The zero-order valence-electron chi connectivity index (χ0n) is 10.5. The average Bonchev–Trinajstić information content (AvgIpc) is 2.39. The number of hydrogen-bond acceptors (Lipinski definition) is 2. The first-order chi connectivity index (χ1) is 9.15. The van der Waals surface area contributed by atoms with Crippen LogP contribution < -0.4 is 11.1 Å². The second kappa shape index (κ2) is 4.63. The highest BCUT2D eigenvalue weighted by Gasteiger charge is 2.36. The van der Waals surface area contributed by atoms with Crippen molar-refractivity contribution < 1.29 is 0 Å². The molecular weight excluding hydrogens is 308 g/mol. The lowest BCUT2D eigenvalue weighted by molar-refractivity contribution is 0.131. The second-order valence-electron chi connectivity index (χ2n) is 5.36. The van der Waals surface area contributed by atoms with Gasteiger partial charge in [0.05, 0.1) is 10.8 Å². The number of fused-ring (bicyclic) bond motifs is 1. The number of benzene rings is 1. The van der Waals surface area contributed by atoms with E-state index in [2.05, 4.69) is 21.0 Å². The standard InChI is InChI=1S/C14H15BrN2O2/c15-8-14(6-3-7-14)9-17-13(19)11-5-2-1-4-10(11)12(18)16-17/h1-2,4-5H,3,6-9H2,(H,16,18). The molecule has 1 aliphatic carbocycles. The largest absolute Gasteiger partial charge is 0.273 e. The van der Waals surface area contributed by atoms with Gasteiger partial charge in [0.15, 0.2) is 0 Å². The molecule has 2 aromatic rings. The molecule has 0 aliphatic heterocycles. The maximum absolute atomic E-state index is 12.4. The molecule has 5 heteroatoms. The molecule has 1 aromatic heterocycles. The molecule has 0 radical (unpaired) electrons. The van der Waals surface area contributed by atoms with E-state index in [0.717, 1.165) is 18.2 Å². The van der Waals surface area contributed by atoms with Gasteiger partial charge in [0, 0.05) is 11.9 Å². The highest BCUT2D eigenvalue weighted by atomic mass is 79.9. The third-order valence-corrected chi connectivity index (χ3v) is 5.26. The van der Waals surface area contributed by atoms with Crippen molar-refractivity contribution >= 4 is 26.7 Å². The van der Waals surface area contributed by atoms with Gasteiger partial charge in [-0.1, -0.05) is 34.5 Å². The van der Waals surface area contributed by atoms with E-state index in [1.807, 2.05) is 0 Å². The summed E-state index contributed by atoms with van der Waals surface area (Å²) in [6, 6.07) is 6.96. The van der Waals surface area contributed by atoms with Gasteiger partial charge in [-0.25, -0.2) is 4.68 Å². The van der Waals surface area contributed by atoms with Gasteiger partial charge in [-0.3, -0.25) is 14.7 Å². The van der Waals surface area contributed by atoms with Gasteiger partial charge in [-0.15, -0.1) is 0 Å². The van der Waals surface area contributed by atoms with Gasteiger partial charge in [0.2, 0.25) is 0 Å². The van der Waals surface area contributed by atoms with Gasteiger partial charge in [-0.05, 0) is 30.4 Å². The molecular formula is C14H15BrN2O2. The predicted octanol–water partition coefficient (Wildman–Crippen LogP) is 2.25. The molecule has 1 aromatic carbocycles. The summed E-state index contributed by atoms with van der Waals surface area (Å²) in [5.41, 5.74) is -0.184. The average molecular weight is 323 g/mol. The molecule has 0 spiro atoms. The normalized spacial score (nSPS) is 17.3. The zero-order valence-corrected chi connectivity index (χ0v) is 12.1. The first-order valence-corrected chi connectivity index (χ1v) is 7.55. The molecule has 1 fully saturated rings.